The number of aliphatic hydroxyl groups excluding tert-OH is 1. The minimum Gasteiger partial charge on any atom is -0.395 e. The molecule has 0 aliphatic rings. The summed E-state index contributed by atoms with van der Waals surface area (Å²) in [6.07, 6.45) is 0. The van der Waals surface area contributed by atoms with E-state index in [-0.39, 0.29) is 19.1 Å². The van der Waals surface area contributed by atoms with Crippen LogP contribution in [0.15, 0.2) is 34.9 Å². The number of aliphatic hydroxyl groups is 1. The highest BCUT2D eigenvalue weighted by Gasteiger charge is 2.23. The van der Waals surface area contributed by atoms with E-state index >= 15 is 0 Å². The summed E-state index contributed by atoms with van der Waals surface area (Å²) in [6, 6.07) is 9.67. The highest BCUT2D eigenvalue weighted by molar-refractivity contribution is 5.96. The van der Waals surface area contributed by atoms with Gasteiger partial charge < -0.3 is 14.5 Å². The molecule has 1 N–H and O–H groups in total. The normalized spacial score (nSPS) is 10.6. The third-order valence-corrected chi connectivity index (χ3v) is 3.12. The van der Waals surface area contributed by atoms with Crippen molar-refractivity contribution < 1.29 is 14.4 Å². The van der Waals surface area contributed by atoms with Crippen molar-refractivity contribution in [1.29, 1.82) is 0 Å². The average molecular weight is 274 g/mol. The Bertz CT molecular complexity index is 559. The van der Waals surface area contributed by atoms with Crippen LogP contribution in [0.5, 0.6) is 0 Å². The summed E-state index contributed by atoms with van der Waals surface area (Å²) in [7, 11) is 0. The maximum atomic E-state index is 12.6. The molecule has 2 aromatic rings. The molecule has 0 aliphatic carbocycles. The van der Waals surface area contributed by atoms with Crippen molar-refractivity contribution in [3.8, 4) is 0 Å². The first-order valence-electron chi connectivity index (χ1n) is 6.50. The molecule has 1 heterocycles. The second-order valence-corrected chi connectivity index (χ2v) is 4.64. The summed E-state index contributed by atoms with van der Waals surface area (Å²) in [5, 5.41) is 13.0. The van der Waals surface area contributed by atoms with Gasteiger partial charge in [0.25, 0.3) is 5.91 Å². The molecule has 0 aliphatic heterocycles. The number of hydrogen-bond acceptors (Lipinski definition) is 4. The minimum atomic E-state index is -0.167. The number of aromatic nitrogens is 1. The summed E-state index contributed by atoms with van der Waals surface area (Å²) in [4.78, 5) is 14.2. The maximum absolute atomic E-state index is 12.6. The summed E-state index contributed by atoms with van der Waals surface area (Å²) in [5.74, 6) is 0.336. The van der Waals surface area contributed by atoms with Crippen molar-refractivity contribution in [2.75, 3.05) is 13.2 Å². The average Bonchev–Trinajstić information content (AvgIpc) is 2.78. The van der Waals surface area contributed by atoms with Gasteiger partial charge in [0.15, 0.2) is 0 Å². The van der Waals surface area contributed by atoms with Gasteiger partial charge in [0.2, 0.25) is 0 Å². The van der Waals surface area contributed by atoms with Crippen molar-refractivity contribution in [2.45, 2.75) is 20.4 Å². The molecule has 5 heteroatoms. The Labute approximate surface area is 117 Å². The lowest BCUT2D eigenvalue weighted by Crippen LogP contribution is -2.33. The van der Waals surface area contributed by atoms with Crippen molar-refractivity contribution in [3.05, 3.63) is 52.9 Å². The van der Waals surface area contributed by atoms with Crippen molar-refractivity contribution in [2.24, 2.45) is 0 Å². The summed E-state index contributed by atoms with van der Waals surface area (Å²) < 4.78 is 5.03. The van der Waals surface area contributed by atoms with Gasteiger partial charge >= 0.3 is 0 Å². The Morgan fingerprint density at radius 2 is 2.00 bits per heavy atom. The van der Waals surface area contributed by atoms with Crippen LogP contribution < -0.4 is 0 Å². The maximum Gasteiger partial charge on any atom is 0.259 e. The van der Waals surface area contributed by atoms with Crippen LogP contribution in [0.2, 0.25) is 0 Å². The predicted molar refractivity (Wildman–Crippen MR) is 74.2 cm³/mol. The summed E-state index contributed by atoms with van der Waals surface area (Å²) >= 11 is 0. The van der Waals surface area contributed by atoms with Gasteiger partial charge in [-0.25, -0.2) is 0 Å². The van der Waals surface area contributed by atoms with Crippen LogP contribution in [0.1, 0.15) is 27.4 Å². The zero-order valence-corrected chi connectivity index (χ0v) is 11.7. The molecule has 0 fully saturated rings. The number of rotatable bonds is 5. The van der Waals surface area contributed by atoms with Crippen LogP contribution in [0.25, 0.3) is 0 Å². The second kappa shape index (κ2) is 6.34. The Hall–Kier alpha value is -2.14. The van der Waals surface area contributed by atoms with Crippen LogP contribution >= 0.6 is 0 Å². The van der Waals surface area contributed by atoms with E-state index in [9.17, 15) is 4.79 Å². The Balaban J connectivity index is 2.22. The monoisotopic (exact) mass is 274 g/mol. The molecule has 2 rings (SSSR count). The standard InChI is InChI=1S/C15H18N2O3/c1-11-14(12(2)20-16-11)15(19)17(8-9-18)10-13-6-4-3-5-7-13/h3-7,18H,8-10H2,1-2H3. The first-order chi connectivity index (χ1) is 9.63. The van der Waals surface area contributed by atoms with E-state index in [0.717, 1.165) is 5.56 Å². The number of nitrogens with zero attached hydrogens (tertiary/aromatic N) is 2. The molecule has 5 nitrogen and oxygen atoms in total. The van der Waals surface area contributed by atoms with Gasteiger partial charge in [-0.3, -0.25) is 4.79 Å². The second-order valence-electron chi connectivity index (χ2n) is 4.64. The molecule has 0 spiro atoms. The van der Waals surface area contributed by atoms with Gasteiger partial charge in [-0.2, -0.15) is 0 Å². The third-order valence-electron chi connectivity index (χ3n) is 3.12. The van der Waals surface area contributed by atoms with Crippen LogP contribution in [0.3, 0.4) is 0 Å². The smallest absolute Gasteiger partial charge is 0.259 e. The van der Waals surface area contributed by atoms with E-state index in [0.29, 0.717) is 23.6 Å². The molecule has 1 aromatic heterocycles. The molecule has 0 unspecified atom stereocenters. The highest BCUT2D eigenvalue weighted by Crippen LogP contribution is 2.16. The number of benzene rings is 1. The summed E-state index contributed by atoms with van der Waals surface area (Å²) in [5.41, 5.74) is 2.07. The first-order valence-corrected chi connectivity index (χ1v) is 6.50. The predicted octanol–water partition coefficient (Wildman–Crippen LogP) is 1.93. The van der Waals surface area contributed by atoms with Crippen LogP contribution in [0.4, 0.5) is 0 Å². The fraction of sp³-hybridized carbons (Fsp3) is 0.333. The molecule has 0 atom stereocenters. The Morgan fingerprint density at radius 1 is 1.30 bits per heavy atom. The molecular formula is C15H18N2O3. The van der Waals surface area contributed by atoms with E-state index in [1.54, 1.807) is 18.7 Å². The van der Waals surface area contributed by atoms with Gasteiger partial charge in [-0.05, 0) is 19.4 Å². The van der Waals surface area contributed by atoms with Crippen molar-refractivity contribution >= 4 is 5.91 Å². The zero-order valence-electron chi connectivity index (χ0n) is 11.7. The number of amides is 1. The number of carbonyl (C=O) groups is 1. The van der Waals surface area contributed by atoms with Gasteiger partial charge in [0, 0.05) is 13.1 Å². The molecular weight excluding hydrogens is 256 g/mol. The van der Waals surface area contributed by atoms with Crippen molar-refractivity contribution in [3.63, 3.8) is 0 Å². The number of aryl methyl sites for hydroxylation is 2. The van der Waals surface area contributed by atoms with E-state index in [1.807, 2.05) is 30.3 Å². The van der Waals surface area contributed by atoms with Crippen LogP contribution in [0, 0.1) is 13.8 Å². The number of carbonyl (C=O) groups excluding carboxylic acids is 1. The first kappa shape index (κ1) is 14.3. The van der Waals surface area contributed by atoms with Gasteiger partial charge in [-0.1, -0.05) is 35.5 Å². The van der Waals surface area contributed by atoms with Gasteiger partial charge in [-0.15, -0.1) is 0 Å². The third kappa shape index (κ3) is 3.05. The fourth-order valence-corrected chi connectivity index (χ4v) is 2.12. The molecule has 0 saturated carbocycles. The van der Waals surface area contributed by atoms with Crippen LogP contribution in [-0.4, -0.2) is 34.2 Å². The Morgan fingerprint density at radius 3 is 2.55 bits per heavy atom. The van der Waals surface area contributed by atoms with E-state index < -0.39 is 0 Å². The lowest BCUT2D eigenvalue weighted by Gasteiger charge is -2.21. The zero-order chi connectivity index (χ0) is 14.5. The van der Waals surface area contributed by atoms with Gasteiger partial charge in [0.1, 0.15) is 11.3 Å². The quantitative estimate of drug-likeness (QED) is 0.904. The molecule has 0 bridgehead atoms. The number of hydrogen-bond donors (Lipinski definition) is 1. The minimum absolute atomic E-state index is 0.0814. The van der Waals surface area contributed by atoms with Crippen LogP contribution in [-0.2, 0) is 6.54 Å². The largest absolute Gasteiger partial charge is 0.395 e. The van der Waals surface area contributed by atoms with E-state index in [2.05, 4.69) is 5.16 Å². The molecule has 1 aromatic carbocycles. The topological polar surface area (TPSA) is 66.6 Å². The SMILES string of the molecule is Cc1noc(C)c1C(=O)N(CCO)Cc1ccccc1. The van der Waals surface area contributed by atoms with Gasteiger partial charge in [0.05, 0.1) is 12.3 Å². The van der Waals surface area contributed by atoms with Crippen molar-refractivity contribution in [1.82, 2.24) is 10.1 Å². The highest BCUT2D eigenvalue weighted by atomic mass is 16.5. The van der Waals surface area contributed by atoms with E-state index in [4.69, 9.17) is 9.63 Å². The molecule has 106 valence electrons. The molecule has 1 amide bonds. The summed E-state index contributed by atoms with van der Waals surface area (Å²) in [6.45, 7) is 4.10. The molecule has 0 saturated heterocycles. The lowest BCUT2D eigenvalue weighted by molar-refractivity contribution is 0.0705. The molecule has 0 radical (unpaired) electrons. The lowest BCUT2D eigenvalue weighted by atomic mass is 10.1. The Kier molecular flexibility index (Phi) is 4.53. The fourth-order valence-electron chi connectivity index (χ4n) is 2.12. The molecule has 20 heavy (non-hydrogen) atoms. The van der Waals surface area contributed by atoms with E-state index in [1.165, 1.54) is 0 Å².